The molecule has 2 aromatic rings. The summed E-state index contributed by atoms with van der Waals surface area (Å²) in [6, 6.07) is 9.01. The van der Waals surface area contributed by atoms with Crippen LogP contribution in [0.5, 0.6) is 11.5 Å². The van der Waals surface area contributed by atoms with Crippen LogP contribution < -0.4 is 20.9 Å². The number of amides is 2. The molecule has 4 N–H and O–H groups in total. The number of nitrogens with zero attached hydrogens (tertiary/aromatic N) is 1. The molecule has 144 valence electrons. The van der Waals surface area contributed by atoms with Gasteiger partial charge in [0, 0.05) is 14.1 Å². The Hall–Kier alpha value is -3.22. The third-order valence-electron chi connectivity index (χ3n) is 4.35. The lowest BCUT2D eigenvalue weighted by Crippen LogP contribution is -2.25. The zero-order valence-corrected chi connectivity index (χ0v) is 16.0. The molecule has 0 bridgehead atoms. The highest BCUT2D eigenvalue weighted by molar-refractivity contribution is 6.07. The SMILES string of the molecule is COc1ccc(CCc2ccc(C(=O)N(C)C)c(N)c2C(N)=O)cc1OC. The molecule has 0 saturated heterocycles. The fourth-order valence-electron chi connectivity index (χ4n) is 2.91. The lowest BCUT2D eigenvalue weighted by Gasteiger charge is -2.16. The molecule has 2 rings (SSSR count). The van der Waals surface area contributed by atoms with Crippen LogP contribution in [0.3, 0.4) is 0 Å². The van der Waals surface area contributed by atoms with E-state index in [1.165, 1.54) is 4.90 Å². The smallest absolute Gasteiger partial charge is 0.255 e. The second-order valence-corrected chi connectivity index (χ2v) is 6.31. The first-order valence-corrected chi connectivity index (χ1v) is 8.43. The van der Waals surface area contributed by atoms with Crippen molar-refractivity contribution in [2.45, 2.75) is 12.8 Å². The number of carbonyl (C=O) groups excluding carboxylic acids is 2. The minimum absolute atomic E-state index is 0.117. The van der Waals surface area contributed by atoms with Crippen LogP contribution in [0.25, 0.3) is 0 Å². The number of primary amides is 1. The molecule has 0 fully saturated rings. The molecule has 0 spiro atoms. The van der Waals surface area contributed by atoms with Gasteiger partial charge in [-0.15, -0.1) is 0 Å². The molecule has 0 atom stereocenters. The summed E-state index contributed by atoms with van der Waals surface area (Å²) >= 11 is 0. The van der Waals surface area contributed by atoms with Gasteiger partial charge in [-0.3, -0.25) is 9.59 Å². The van der Waals surface area contributed by atoms with Crippen molar-refractivity contribution in [1.82, 2.24) is 4.90 Å². The Balaban J connectivity index is 2.33. The Morgan fingerprint density at radius 3 is 2.22 bits per heavy atom. The van der Waals surface area contributed by atoms with Gasteiger partial charge in [-0.25, -0.2) is 0 Å². The summed E-state index contributed by atoms with van der Waals surface area (Å²) in [5.41, 5.74) is 13.9. The maximum Gasteiger partial charge on any atom is 0.255 e. The summed E-state index contributed by atoms with van der Waals surface area (Å²) in [5, 5.41) is 0. The number of aryl methyl sites for hydroxylation is 2. The molecule has 2 amide bonds. The van der Waals surface area contributed by atoms with Crippen LogP contribution in [0, 0.1) is 0 Å². The summed E-state index contributed by atoms with van der Waals surface area (Å²) in [5.74, 6) is 0.357. The predicted octanol–water partition coefficient (Wildman–Crippen LogP) is 1.87. The first kappa shape index (κ1) is 20.1. The lowest BCUT2D eigenvalue weighted by atomic mass is 9.95. The van der Waals surface area contributed by atoms with Gasteiger partial charge in [0.1, 0.15) is 0 Å². The Bertz CT molecular complexity index is 863. The zero-order chi connectivity index (χ0) is 20.1. The summed E-state index contributed by atoms with van der Waals surface area (Å²) in [6.07, 6.45) is 1.18. The van der Waals surface area contributed by atoms with E-state index in [2.05, 4.69) is 0 Å². The lowest BCUT2D eigenvalue weighted by molar-refractivity contribution is 0.0828. The van der Waals surface area contributed by atoms with E-state index in [0.717, 1.165) is 5.56 Å². The normalized spacial score (nSPS) is 10.4. The van der Waals surface area contributed by atoms with Crippen LogP contribution in [0.1, 0.15) is 31.8 Å². The maximum atomic E-state index is 12.2. The molecular weight excluding hydrogens is 346 g/mol. The van der Waals surface area contributed by atoms with E-state index in [9.17, 15) is 9.59 Å². The van der Waals surface area contributed by atoms with Gasteiger partial charge in [0.25, 0.3) is 11.8 Å². The number of nitrogens with two attached hydrogens (primary N) is 2. The largest absolute Gasteiger partial charge is 0.493 e. The number of nitrogen functional groups attached to an aromatic ring is 1. The number of rotatable bonds is 7. The third kappa shape index (κ3) is 4.31. The summed E-state index contributed by atoms with van der Waals surface area (Å²) in [7, 11) is 6.40. The first-order valence-electron chi connectivity index (χ1n) is 8.43. The highest BCUT2D eigenvalue weighted by Gasteiger charge is 2.20. The van der Waals surface area contributed by atoms with E-state index in [1.54, 1.807) is 40.4 Å². The van der Waals surface area contributed by atoms with Crippen molar-refractivity contribution >= 4 is 17.5 Å². The minimum Gasteiger partial charge on any atom is -0.493 e. The second-order valence-electron chi connectivity index (χ2n) is 6.31. The zero-order valence-electron chi connectivity index (χ0n) is 16.0. The Morgan fingerprint density at radius 1 is 1.00 bits per heavy atom. The minimum atomic E-state index is -0.650. The van der Waals surface area contributed by atoms with Crippen LogP contribution in [-0.4, -0.2) is 45.0 Å². The highest BCUT2D eigenvalue weighted by atomic mass is 16.5. The third-order valence-corrected chi connectivity index (χ3v) is 4.35. The summed E-state index contributed by atoms with van der Waals surface area (Å²) in [4.78, 5) is 25.6. The molecule has 0 unspecified atom stereocenters. The molecule has 0 aliphatic carbocycles. The number of anilines is 1. The fraction of sp³-hybridized carbons (Fsp3) is 0.300. The second kappa shape index (κ2) is 8.44. The first-order chi connectivity index (χ1) is 12.8. The Kier molecular flexibility index (Phi) is 6.28. The van der Waals surface area contributed by atoms with Crippen molar-refractivity contribution in [2.75, 3.05) is 34.0 Å². The van der Waals surface area contributed by atoms with Crippen LogP contribution in [0.2, 0.25) is 0 Å². The monoisotopic (exact) mass is 371 g/mol. The predicted molar refractivity (Wildman–Crippen MR) is 104 cm³/mol. The van der Waals surface area contributed by atoms with Crippen LogP contribution >= 0.6 is 0 Å². The molecule has 0 saturated carbocycles. The number of ether oxygens (including phenoxy) is 2. The highest BCUT2D eigenvalue weighted by Crippen LogP contribution is 2.29. The van der Waals surface area contributed by atoms with Gasteiger partial charge in [0.05, 0.1) is 31.0 Å². The number of hydrogen-bond acceptors (Lipinski definition) is 5. The number of benzene rings is 2. The Labute approximate surface area is 158 Å². The number of carbonyl (C=O) groups is 2. The summed E-state index contributed by atoms with van der Waals surface area (Å²) < 4.78 is 10.5. The van der Waals surface area contributed by atoms with Gasteiger partial charge in [0.2, 0.25) is 0 Å². The molecule has 0 aliphatic heterocycles. The molecule has 7 nitrogen and oxygen atoms in total. The van der Waals surface area contributed by atoms with Gasteiger partial charge in [0.15, 0.2) is 11.5 Å². The van der Waals surface area contributed by atoms with Crippen LogP contribution in [0.15, 0.2) is 30.3 Å². The molecule has 27 heavy (non-hydrogen) atoms. The molecule has 0 heterocycles. The van der Waals surface area contributed by atoms with Crippen molar-refractivity contribution in [3.8, 4) is 11.5 Å². The molecule has 0 aliphatic rings. The quantitative estimate of drug-likeness (QED) is 0.723. The molecular formula is C20H25N3O4. The van der Waals surface area contributed by atoms with Crippen molar-refractivity contribution in [3.63, 3.8) is 0 Å². The fourth-order valence-corrected chi connectivity index (χ4v) is 2.91. The van der Waals surface area contributed by atoms with E-state index < -0.39 is 5.91 Å². The average Bonchev–Trinajstić information content (AvgIpc) is 2.65. The number of hydrogen-bond donors (Lipinski definition) is 2. The molecule has 0 radical (unpaired) electrons. The van der Waals surface area contributed by atoms with Crippen LogP contribution in [-0.2, 0) is 12.8 Å². The molecule has 2 aromatic carbocycles. The van der Waals surface area contributed by atoms with E-state index >= 15 is 0 Å². The molecule has 0 aromatic heterocycles. The van der Waals surface area contributed by atoms with Gasteiger partial charge in [-0.05, 0) is 42.2 Å². The van der Waals surface area contributed by atoms with Crippen molar-refractivity contribution in [2.24, 2.45) is 5.73 Å². The van der Waals surface area contributed by atoms with Crippen molar-refractivity contribution in [3.05, 3.63) is 52.6 Å². The maximum absolute atomic E-state index is 12.2. The molecule has 7 heteroatoms. The van der Waals surface area contributed by atoms with E-state index in [0.29, 0.717) is 29.9 Å². The van der Waals surface area contributed by atoms with E-state index in [-0.39, 0.29) is 22.7 Å². The van der Waals surface area contributed by atoms with Gasteiger partial charge >= 0.3 is 0 Å². The van der Waals surface area contributed by atoms with Crippen molar-refractivity contribution in [1.29, 1.82) is 0 Å². The number of methoxy groups -OCH3 is 2. The standard InChI is InChI=1S/C20H25N3O4/c1-23(2)20(25)14-9-8-13(17(18(14)21)19(22)24)7-5-12-6-10-15(26-3)16(11-12)27-4/h6,8-11H,5,7,21H2,1-4H3,(H2,22,24). The van der Waals surface area contributed by atoms with Gasteiger partial charge in [-0.2, -0.15) is 0 Å². The van der Waals surface area contributed by atoms with Gasteiger partial charge < -0.3 is 25.8 Å². The Morgan fingerprint density at radius 2 is 1.67 bits per heavy atom. The van der Waals surface area contributed by atoms with Crippen molar-refractivity contribution < 1.29 is 19.1 Å². The van der Waals surface area contributed by atoms with Crippen LogP contribution in [0.4, 0.5) is 5.69 Å². The summed E-state index contributed by atoms with van der Waals surface area (Å²) in [6.45, 7) is 0. The average molecular weight is 371 g/mol. The topological polar surface area (TPSA) is 108 Å². The van der Waals surface area contributed by atoms with E-state index in [1.807, 2.05) is 18.2 Å². The van der Waals surface area contributed by atoms with Gasteiger partial charge in [-0.1, -0.05) is 12.1 Å². The van der Waals surface area contributed by atoms with E-state index in [4.69, 9.17) is 20.9 Å².